The Morgan fingerprint density at radius 2 is 1.93 bits per heavy atom. The van der Waals surface area contributed by atoms with Gasteiger partial charge in [0.15, 0.2) is 4.77 Å². The van der Waals surface area contributed by atoms with Gasteiger partial charge in [-0.15, -0.1) is 0 Å². The molecule has 1 aliphatic heterocycles. The summed E-state index contributed by atoms with van der Waals surface area (Å²) in [6, 6.07) is 7.26. The lowest BCUT2D eigenvalue weighted by Crippen LogP contribution is -2.42. The topological polar surface area (TPSA) is 78.3 Å². The number of aromatic amines is 1. The van der Waals surface area contributed by atoms with E-state index >= 15 is 0 Å². The molecule has 28 heavy (non-hydrogen) atoms. The first-order valence-electron chi connectivity index (χ1n) is 9.91. The number of carbonyl (C=O) groups excluding carboxylic acids is 1. The fourth-order valence-electron chi connectivity index (χ4n) is 4.69. The van der Waals surface area contributed by atoms with Crippen molar-refractivity contribution in [2.45, 2.75) is 57.5 Å². The number of aromatic nitrogens is 2. The zero-order chi connectivity index (χ0) is 19.8. The molecule has 7 heteroatoms. The van der Waals surface area contributed by atoms with Gasteiger partial charge in [0.05, 0.1) is 6.04 Å². The van der Waals surface area contributed by atoms with Crippen LogP contribution in [0.4, 0.5) is 0 Å². The number of benzene rings is 1. The van der Waals surface area contributed by atoms with Gasteiger partial charge in [0.25, 0.3) is 5.56 Å². The summed E-state index contributed by atoms with van der Waals surface area (Å²) in [6.45, 7) is 2.01. The van der Waals surface area contributed by atoms with Gasteiger partial charge >= 0.3 is 0 Å². The number of rotatable bonds is 2. The molecule has 0 spiro atoms. The van der Waals surface area contributed by atoms with Gasteiger partial charge in [-0.3, -0.25) is 19.1 Å². The minimum absolute atomic E-state index is 0.0708. The molecule has 1 aliphatic carbocycles. The average Bonchev–Trinajstić information content (AvgIpc) is 2.68. The van der Waals surface area contributed by atoms with Crippen molar-refractivity contribution in [2.75, 3.05) is 6.54 Å². The second-order valence-corrected chi connectivity index (χ2v) is 8.11. The summed E-state index contributed by atoms with van der Waals surface area (Å²) in [5.41, 5.74) is 1.76. The number of aromatic hydroxyl groups is 1. The zero-order valence-corrected chi connectivity index (χ0v) is 16.8. The summed E-state index contributed by atoms with van der Waals surface area (Å²) >= 11 is 5.39. The summed E-state index contributed by atoms with van der Waals surface area (Å²) in [7, 11) is 0. The summed E-state index contributed by atoms with van der Waals surface area (Å²) in [6.07, 6.45) is 5.90. The van der Waals surface area contributed by atoms with Crippen LogP contribution in [0, 0.1) is 4.77 Å². The van der Waals surface area contributed by atoms with Gasteiger partial charge in [0, 0.05) is 19.5 Å². The molecule has 0 unspecified atom stereocenters. The van der Waals surface area contributed by atoms with Crippen molar-refractivity contribution in [1.82, 2.24) is 14.5 Å². The van der Waals surface area contributed by atoms with Gasteiger partial charge in [0.2, 0.25) is 11.8 Å². The van der Waals surface area contributed by atoms with Crippen LogP contribution in [0.2, 0.25) is 0 Å². The van der Waals surface area contributed by atoms with E-state index in [9.17, 15) is 14.7 Å². The largest absolute Gasteiger partial charge is 0.494 e. The zero-order valence-electron chi connectivity index (χ0n) is 16.0. The summed E-state index contributed by atoms with van der Waals surface area (Å²) in [5.74, 6) is -0.224. The third kappa shape index (κ3) is 3.17. The Balaban J connectivity index is 1.93. The van der Waals surface area contributed by atoms with E-state index in [2.05, 4.69) is 4.98 Å². The van der Waals surface area contributed by atoms with E-state index in [0.717, 1.165) is 43.2 Å². The van der Waals surface area contributed by atoms with Gasteiger partial charge in [-0.05, 0) is 42.6 Å². The number of H-pyrrole nitrogens is 1. The molecule has 0 radical (unpaired) electrons. The quantitative estimate of drug-likeness (QED) is 0.756. The highest BCUT2D eigenvalue weighted by molar-refractivity contribution is 7.71. The molecule has 0 saturated heterocycles. The third-order valence-electron chi connectivity index (χ3n) is 6.05. The van der Waals surface area contributed by atoms with Gasteiger partial charge < -0.3 is 10.0 Å². The Morgan fingerprint density at radius 1 is 1.21 bits per heavy atom. The molecule has 2 heterocycles. The Morgan fingerprint density at radius 3 is 2.64 bits per heavy atom. The maximum absolute atomic E-state index is 12.9. The summed E-state index contributed by atoms with van der Waals surface area (Å²) in [5, 5.41) is 11.2. The standard InChI is InChI=1S/C21H25N3O3S/c1-13(25)23-12-11-14-7-5-6-10-16(14)18(23)17-19(26)22-21(28)24(20(17)27)15-8-3-2-4-9-15/h5-7,10,15,18,27H,2-4,8-9,11-12H2,1H3,(H,22,26,28)/t18-/m0/s1. The van der Waals surface area contributed by atoms with Crippen LogP contribution >= 0.6 is 12.2 Å². The fourth-order valence-corrected chi connectivity index (χ4v) is 5.02. The van der Waals surface area contributed by atoms with Gasteiger partial charge in [-0.2, -0.15) is 0 Å². The van der Waals surface area contributed by atoms with Crippen LogP contribution in [0.5, 0.6) is 5.88 Å². The molecular weight excluding hydrogens is 374 g/mol. The molecule has 0 bridgehead atoms. The van der Waals surface area contributed by atoms with Crippen molar-refractivity contribution in [1.29, 1.82) is 0 Å². The molecule has 1 fully saturated rings. The molecule has 1 saturated carbocycles. The minimum Gasteiger partial charge on any atom is -0.494 e. The Bertz CT molecular complexity index is 1020. The number of hydrogen-bond donors (Lipinski definition) is 2. The Labute approximate surface area is 168 Å². The van der Waals surface area contributed by atoms with Crippen molar-refractivity contribution in [3.8, 4) is 5.88 Å². The van der Waals surface area contributed by atoms with Crippen LogP contribution in [-0.2, 0) is 11.2 Å². The summed E-state index contributed by atoms with van der Waals surface area (Å²) in [4.78, 5) is 29.7. The van der Waals surface area contributed by atoms with Crippen molar-refractivity contribution < 1.29 is 9.90 Å². The van der Waals surface area contributed by atoms with Crippen LogP contribution in [0.3, 0.4) is 0 Å². The molecule has 4 rings (SSSR count). The predicted octanol–water partition coefficient (Wildman–Crippen LogP) is 3.61. The average molecular weight is 400 g/mol. The molecule has 6 nitrogen and oxygen atoms in total. The van der Waals surface area contributed by atoms with Crippen molar-refractivity contribution in [3.63, 3.8) is 0 Å². The molecule has 2 N–H and O–H groups in total. The Kier molecular flexibility index (Phi) is 5.10. The number of amides is 1. The maximum Gasteiger partial charge on any atom is 0.261 e. The van der Waals surface area contributed by atoms with E-state index in [-0.39, 0.29) is 28.2 Å². The van der Waals surface area contributed by atoms with Gasteiger partial charge in [-0.25, -0.2) is 0 Å². The molecule has 1 atom stereocenters. The van der Waals surface area contributed by atoms with Crippen LogP contribution in [0.1, 0.15) is 67.8 Å². The number of hydrogen-bond acceptors (Lipinski definition) is 4. The fraction of sp³-hybridized carbons (Fsp3) is 0.476. The third-order valence-corrected chi connectivity index (χ3v) is 6.35. The maximum atomic E-state index is 12.9. The lowest BCUT2D eigenvalue weighted by Gasteiger charge is -2.37. The Hall–Kier alpha value is -2.41. The van der Waals surface area contributed by atoms with Crippen LogP contribution in [-0.4, -0.2) is 32.0 Å². The van der Waals surface area contributed by atoms with Crippen LogP contribution in [0.15, 0.2) is 29.1 Å². The second kappa shape index (κ2) is 7.54. The first-order valence-corrected chi connectivity index (χ1v) is 10.3. The molecular formula is C21H25N3O3S. The van der Waals surface area contributed by atoms with Crippen molar-refractivity contribution in [3.05, 3.63) is 56.1 Å². The van der Waals surface area contributed by atoms with Crippen molar-refractivity contribution in [2.24, 2.45) is 0 Å². The van der Waals surface area contributed by atoms with E-state index in [0.29, 0.717) is 6.54 Å². The van der Waals surface area contributed by atoms with Crippen LogP contribution in [0.25, 0.3) is 0 Å². The van der Waals surface area contributed by atoms with E-state index in [4.69, 9.17) is 12.2 Å². The molecule has 2 aliphatic rings. The van der Waals surface area contributed by atoms with Crippen LogP contribution < -0.4 is 5.56 Å². The highest BCUT2D eigenvalue weighted by atomic mass is 32.1. The number of carbonyl (C=O) groups is 1. The van der Waals surface area contributed by atoms with E-state index in [1.54, 1.807) is 9.47 Å². The second-order valence-electron chi connectivity index (χ2n) is 7.72. The predicted molar refractivity (Wildman–Crippen MR) is 109 cm³/mol. The first-order chi connectivity index (χ1) is 13.5. The minimum atomic E-state index is -0.614. The highest BCUT2D eigenvalue weighted by Gasteiger charge is 2.35. The first kappa shape index (κ1) is 18.9. The lowest BCUT2D eigenvalue weighted by atomic mass is 9.88. The summed E-state index contributed by atoms with van der Waals surface area (Å²) < 4.78 is 1.94. The molecule has 1 aromatic carbocycles. The van der Waals surface area contributed by atoms with E-state index in [1.807, 2.05) is 24.3 Å². The molecule has 1 aromatic heterocycles. The smallest absolute Gasteiger partial charge is 0.261 e. The molecule has 2 aromatic rings. The van der Waals surface area contributed by atoms with Crippen molar-refractivity contribution >= 4 is 18.1 Å². The van der Waals surface area contributed by atoms with E-state index < -0.39 is 11.6 Å². The number of nitrogens with zero attached hydrogens (tertiary/aromatic N) is 2. The SMILES string of the molecule is CC(=O)N1CCc2ccccc2[C@H]1c1c(O)n(C2CCCCC2)c(=S)[nH]c1=O. The molecule has 148 valence electrons. The molecule has 1 amide bonds. The monoisotopic (exact) mass is 399 g/mol. The number of nitrogens with one attached hydrogen (secondary N) is 1. The normalized spacial score (nSPS) is 20.0. The lowest BCUT2D eigenvalue weighted by molar-refractivity contribution is -0.130. The number of fused-ring (bicyclic) bond motifs is 1. The van der Waals surface area contributed by atoms with Gasteiger partial charge in [-0.1, -0.05) is 43.5 Å². The highest BCUT2D eigenvalue weighted by Crippen LogP contribution is 2.39. The van der Waals surface area contributed by atoms with E-state index in [1.165, 1.54) is 13.3 Å². The van der Waals surface area contributed by atoms with Gasteiger partial charge in [0.1, 0.15) is 5.56 Å².